The minimum atomic E-state index is 0.836. The summed E-state index contributed by atoms with van der Waals surface area (Å²) >= 11 is 1.15. The molecule has 0 unspecified atom stereocenters. The predicted molar refractivity (Wildman–Crippen MR) is 33.4 cm³/mol. The van der Waals surface area contributed by atoms with Gasteiger partial charge in [-0.05, 0) is 24.9 Å². The van der Waals surface area contributed by atoms with E-state index in [1.165, 1.54) is 0 Å². The molecule has 0 atom stereocenters. The standard InChI is InChI=1S/C4H7N3S/c1-3-2-4(8-5)7-6-3/h2H,5H2,1H3,(H,6,7). The van der Waals surface area contributed by atoms with E-state index < -0.39 is 0 Å². The molecule has 0 aliphatic heterocycles. The molecule has 1 aromatic rings. The van der Waals surface area contributed by atoms with Crippen LogP contribution in [0.15, 0.2) is 11.1 Å². The number of aryl methyl sites for hydroxylation is 1. The fourth-order valence-corrected chi connectivity index (χ4v) is 0.797. The lowest BCUT2D eigenvalue weighted by Gasteiger charge is -1.77. The number of nitrogens with zero attached hydrogens (tertiary/aromatic N) is 1. The molecule has 44 valence electrons. The summed E-state index contributed by atoms with van der Waals surface area (Å²) in [7, 11) is 0. The SMILES string of the molecule is Cc1cc(SN)n[nH]1. The summed E-state index contributed by atoms with van der Waals surface area (Å²) in [6.45, 7) is 1.94. The number of H-pyrrole nitrogens is 1. The van der Waals surface area contributed by atoms with Crippen molar-refractivity contribution in [2.24, 2.45) is 5.14 Å². The van der Waals surface area contributed by atoms with Crippen molar-refractivity contribution in [2.45, 2.75) is 11.9 Å². The summed E-state index contributed by atoms with van der Waals surface area (Å²) < 4.78 is 0. The summed E-state index contributed by atoms with van der Waals surface area (Å²) in [5.74, 6) is 0. The first-order valence-electron chi connectivity index (χ1n) is 2.21. The normalized spacial score (nSPS) is 9.75. The molecule has 0 saturated carbocycles. The predicted octanol–water partition coefficient (Wildman–Crippen LogP) is 0.684. The molecule has 1 heterocycles. The molecule has 1 rings (SSSR count). The van der Waals surface area contributed by atoms with Crippen LogP contribution in [0.4, 0.5) is 0 Å². The van der Waals surface area contributed by atoms with Crippen molar-refractivity contribution < 1.29 is 0 Å². The lowest BCUT2D eigenvalue weighted by Crippen LogP contribution is -1.77. The summed E-state index contributed by atoms with van der Waals surface area (Å²) in [6.07, 6.45) is 0. The first-order chi connectivity index (χ1) is 3.83. The van der Waals surface area contributed by atoms with E-state index in [1.54, 1.807) is 0 Å². The van der Waals surface area contributed by atoms with Crippen molar-refractivity contribution >= 4 is 11.9 Å². The first-order valence-corrected chi connectivity index (χ1v) is 3.09. The average Bonchev–Trinajstić information content (AvgIpc) is 2.14. The second-order valence-corrected chi connectivity index (χ2v) is 2.16. The molecule has 0 radical (unpaired) electrons. The van der Waals surface area contributed by atoms with Gasteiger partial charge in [0.25, 0.3) is 0 Å². The Balaban J connectivity index is 2.84. The number of aromatic nitrogens is 2. The van der Waals surface area contributed by atoms with E-state index in [0.29, 0.717) is 0 Å². The zero-order chi connectivity index (χ0) is 5.98. The van der Waals surface area contributed by atoms with E-state index >= 15 is 0 Å². The van der Waals surface area contributed by atoms with Crippen LogP contribution in [0, 0.1) is 6.92 Å². The van der Waals surface area contributed by atoms with Gasteiger partial charge in [0.1, 0.15) is 5.03 Å². The zero-order valence-corrected chi connectivity index (χ0v) is 5.33. The summed E-state index contributed by atoms with van der Waals surface area (Å²) in [4.78, 5) is 0. The van der Waals surface area contributed by atoms with E-state index in [4.69, 9.17) is 5.14 Å². The van der Waals surface area contributed by atoms with E-state index in [1.807, 2.05) is 13.0 Å². The van der Waals surface area contributed by atoms with Crippen LogP contribution >= 0.6 is 11.9 Å². The molecule has 0 fully saturated rings. The molecule has 8 heavy (non-hydrogen) atoms. The van der Waals surface area contributed by atoms with Crippen molar-refractivity contribution in [3.63, 3.8) is 0 Å². The quantitative estimate of drug-likeness (QED) is 0.548. The highest BCUT2D eigenvalue weighted by atomic mass is 32.2. The van der Waals surface area contributed by atoms with Crippen molar-refractivity contribution in [1.82, 2.24) is 10.2 Å². The molecule has 0 saturated heterocycles. The Labute approximate surface area is 51.8 Å². The third-order valence-corrected chi connectivity index (χ3v) is 1.25. The molecule has 0 aliphatic rings. The molecule has 4 heteroatoms. The molecule has 1 aromatic heterocycles. The van der Waals surface area contributed by atoms with Crippen molar-refractivity contribution in [2.75, 3.05) is 0 Å². The number of nitrogens with one attached hydrogen (secondary N) is 1. The van der Waals surface area contributed by atoms with E-state index in [2.05, 4.69) is 10.2 Å². The maximum absolute atomic E-state index is 5.20. The van der Waals surface area contributed by atoms with Crippen molar-refractivity contribution in [3.8, 4) is 0 Å². The van der Waals surface area contributed by atoms with E-state index in [-0.39, 0.29) is 0 Å². The average molecular weight is 129 g/mol. The second-order valence-electron chi connectivity index (χ2n) is 1.51. The Hall–Kier alpha value is -0.480. The molecule has 0 aromatic carbocycles. The smallest absolute Gasteiger partial charge is 0.133 e. The van der Waals surface area contributed by atoms with Crippen LogP contribution in [0.3, 0.4) is 0 Å². The maximum Gasteiger partial charge on any atom is 0.133 e. The van der Waals surface area contributed by atoms with Gasteiger partial charge >= 0.3 is 0 Å². The molecule has 0 amide bonds. The monoisotopic (exact) mass is 129 g/mol. The largest absolute Gasteiger partial charge is 0.282 e. The third-order valence-electron chi connectivity index (χ3n) is 0.803. The Bertz CT molecular complexity index is 172. The Kier molecular flexibility index (Phi) is 1.55. The van der Waals surface area contributed by atoms with Gasteiger partial charge in [0.2, 0.25) is 0 Å². The van der Waals surface area contributed by atoms with Gasteiger partial charge < -0.3 is 0 Å². The van der Waals surface area contributed by atoms with Crippen LogP contribution in [0.25, 0.3) is 0 Å². The van der Waals surface area contributed by atoms with Crippen molar-refractivity contribution in [1.29, 1.82) is 0 Å². The highest BCUT2D eigenvalue weighted by Crippen LogP contribution is 2.06. The number of aromatic amines is 1. The molecule has 0 bridgehead atoms. The van der Waals surface area contributed by atoms with Gasteiger partial charge in [-0.3, -0.25) is 10.2 Å². The van der Waals surface area contributed by atoms with Gasteiger partial charge in [-0.25, -0.2) is 0 Å². The molecule has 3 N–H and O–H groups in total. The summed E-state index contributed by atoms with van der Waals surface area (Å²) in [6, 6.07) is 1.89. The van der Waals surface area contributed by atoms with Crippen LogP contribution in [0.1, 0.15) is 5.69 Å². The summed E-state index contributed by atoms with van der Waals surface area (Å²) in [5, 5.41) is 12.6. The summed E-state index contributed by atoms with van der Waals surface area (Å²) in [5.41, 5.74) is 1.04. The second kappa shape index (κ2) is 2.19. The fourth-order valence-electron chi connectivity index (χ4n) is 0.453. The maximum atomic E-state index is 5.20. The van der Waals surface area contributed by atoms with Gasteiger partial charge in [0.15, 0.2) is 0 Å². The Morgan fingerprint density at radius 3 is 2.88 bits per heavy atom. The van der Waals surface area contributed by atoms with Crippen molar-refractivity contribution in [3.05, 3.63) is 11.8 Å². The number of hydrogen-bond donors (Lipinski definition) is 2. The third kappa shape index (κ3) is 1.02. The fraction of sp³-hybridized carbons (Fsp3) is 0.250. The molecular formula is C4H7N3S. The molecule has 3 nitrogen and oxygen atoms in total. The first kappa shape index (κ1) is 5.65. The van der Waals surface area contributed by atoms with Crippen LogP contribution in [0.5, 0.6) is 0 Å². The molecular weight excluding hydrogens is 122 g/mol. The topological polar surface area (TPSA) is 54.7 Å². The highest BCUT2D eigenvalue weighted by molar-refractivity contribution is 7.97. The van der Waals surface area contributed by atoms with Crippen LogP contribution in [-0.2, 0) is 0 Å². The van der Waals surface area contributed by atoms with Crippen LogP contribution in [0.2, 0.25) is 0 Å². The van der Waals surface area contributed by atoms with Gasteiger partial charge in [-0.1, -0.05) is 0 Å². The van der Waals surface area contributed by atoms with Crippen LogP contribution < -0.4 is 5.14 Å². The van der Waals surface area contributed by atoms with Gasteiger partial charge in [-0.15, -0.1) is 0 Å². The lowest BCUT2D eigenvalue weighted by atomic mass is 10.5. The van der Waals surface area contributed by atoms with Gasteiger partial charge in [0.05, 0.1) is 0 Å². The van der Waals surface area contributed by atoms with E-state index in [0.717, 1.165) is 22.7 Å². The Morgan fingerprint density at radius 1 is 1.88 bits per heavy atom. The number of hydrogen-bond acceptors (Lipinski definition) is 3. The van der Waals surface area contributed by atoms with Crippen LogP contribution in [-0.4, -0.2) is 10.2 Å². The highest BCUT2D eigenvalue weighted by Gasteiger charge is 1.91. The van der Waals surface area contributed by atoms with Gasteiger partial charge in [0, 0.05) is 5.69 Å². The lowest BCUT2D eigenvalue weighted by molar-refractivity contribution is 0.982. The molecule has 0 spiro atoms. The zero-order valence-electron chi connectivity index (χ0n) is 4.51. The molecule has 0 aliphatic carbocycles. The minimum absolute atomic E-state index is 0.836. The number of rotatable bonds is 1. The van der Waals surface area contributed by atoms with Gasteiger partial charge in [-0.2, -0.15) is 5.10 Å². The van der Waals surface area contributed by atoms with E-state index in [9.17, 15) is 0 Å². The Morgan fingerprint density at radius 2 is 2.62 bits per heavy atom. The number of nitrogens with two attached hydrogens (primary N) is 1. The minimum Gasteiger partial charge on any atom is -0.282 e.